The van der Waals surface area contributed by atoms with Gasteiger partial charge in [0, 0.05) is 0 Å². The minimum Gasteiger partial charge on any atom is -0.423 e. The Bertz CT molecular complexity index is 356. The second-order valence-electron chi connectivity index (χ2n) is 3.86. The smallest absolute Gasteiger partial charge is 0.423 e. The van der Waals surface area contributed by atoms with Gasteiger partial charge in [0.1, 0.15) is 0 Å². The van der Waals surface area contributed by atoms with Gasteiger partial charge in [-0.3, -0.25) is 0 Å². The molecule has 0 aromatic heterocycles. The standard InChI is InChI=1S/C12H17BO2/c1-4-12(13(14)15)11-8-6-5-7-10(11)9(2)3/h4-9,14-15H,1-3H3/b12-4+. The van der Waals surface area contributed by atoms with E-state index >= 15 is 0 Å². The summed E-state index contributed by atoms with van der Waals surface area (Å²) >= 11 is 0. The first kappa shape index (κ1) is 12.0. The summed E-state index contributed by atoms with van der Waals surface area (Å²) in [5, 5.41) is 18.5. The lowest BCUT2D eigenvalue weighted by atomic mass is 9.72. The van der Waals surface area contributed by atoms with Gasteiger partial charge in [0.15, 0.2) is 0 Å². The average molecular weight is 204 g/mol. The van der Waals surface area contributed by atoms with Crippen LogP contribution >= 0.6 is 0 Å². The third-order valence-corrected chi connectivity index (χ3v) is 2.48. The van der Waals surface area contributed by atoms with E-state index in [4.69, 9.17) is 0 Å². The lowest BCUT2D eigenvalue weighted by Crippen LogP contribution is -2.15. The molecular formula is C12H17BO2. The molecule has 0 aliphatic rings. The van der Waals surface area contributed by atoms with Crippen molar-refractivity contribution in [3.05, 3.63) is 41.5 Å². The highest BCUT2D eigenvalue weighted by Gasteiger charge is 2.19. The van der Waals surface area contributed by atoms with Crippen LogP contribution in [0.25, 0.3) is 5.47 Å². The SMILES string of the molecule is C/C=C(/B(O)O)c1ccccc1C(C)C. The summed E-state index contributed by atoms with van der Waals surface area (Å²) < 4.78 is 0. The second-order valence-corrected chi connectivity index (χ2v) is 3.86. The van der Waals surface area contributed by atoms with Crippen molar-refractivity contribution in [2.24, 2.45) is 0 Å². The molecule has 0 aliphatic carbocycles. The first-order valence-corrected chi connectivity index (χ1v) is 5.19. The van der Waals surface area contributed by atoms with Crippen LogP contribution in [0.3, 0.4) is 0 Å². The van der Waals surface area contributed by atoms with Gasteiger partial charge in [-0.05, 0) is 29.4 Å². The zero-order valence-corrected chi connectivity index (χ0v) is 9.44. The molecule has 1 rings (SSSR count). The lowest BCUT2D eigenvalue weighted by Gasteiger charge is -2.14. The van der Waals surface area contributed by atoms with E-state index < -0.39 is 7.12 Å². The Balaban J connectivity index is 3.24. The molecule has 0 radical (unpaired) electrons. The van der Waals surface area contributed by atoms with Crippen LogP contribution in [0.1, 0.15) is 37.8 Å². The number of allylic oxidation sites excluding steroid dienone is 1. The van der Waals surface area contributed by atoms with Gasteiger partial charge in [-0.25, -0.2) is 0 Å². The van der Waals surface area contributed by atoms with Gasteiger partial charge in [-0.15, -0.1) is 0 Å². The fourth-order valence-electron chi connectivity index (χ4n) is 1.71. The van der Waals surface area contributed by atoms with Crippen molar-refractivity contribution in [1.82, 2.24) is 0 Å². The fourth-order valence-corrected chi connectivity index (χ4v) is 1.71. The molecule has 0 saturated heterocycles. The van der Waals surface area contributed by atoms with Gasteiger partial charge >= 0.3 is 7.12 Å². The van der Waals surface area contributed by atoms with E-state index in [-0.39, 0.29) is 0 Å². The second kappa shape index (κ2) is 5.15. The van der Waals surface area contributed by atoms with Crippen molar-refractivity contribution in [2.45, 2.75) is 26.7 Å². The number of benzene rings is 1. The molecule has 80 valence electrons. The summed E-state index contributed by atoms with van der Waals surface area (Å²) in [7, 11) is -1.41. The molecule has 0 atom stereocenters. The predicted molar refractivity (Wildman–Crippen MR) is 64.4 cm³/mol. The van der Waals surface area contributed by atoms with E-state index in [0.717, 1.165) is 11.1 Å². The molecule has 0 amide bonds. The molecule has 15 heavy (non-hydrogen) atoms. The summed E-state index contributed by atoms with van der Waals surface area (Å²) in [6, 6.07) is 7.82. The van der Waals surface area contributed by atoms with Crippen molar-refractivity contribution in [3.63, 3.8) is 0 Å². The zero-order valence-electron chi connectivity index (χ0n) is 9.44. The van der Waals surface area contributed by atoms with Crippen molar-refractivity contribution in [1.29, 1.82) is 0 Å². The highest BCUT2D eigenvalue weighted by Crippen LogP contribution is 2.25. The Morgan fingerprint density at radius 3 is 2.33 bits per heavy atom. The average Bonchev–Trinajstić information content (AvgIpc) is 2.18. The number of hydrogen-bond acceptors (Lipinski definition) is 2. The molecular weight excluding hydrogens is 187 g/mol. The topological polar surface area (TPSA) is 40.5 Å². The van der Waals surface area contributed by atoms with E-state index in [1.807, 2.05) is 31.2 Å². The van der Waals surface area contributed by atoms with Crippen LogP contribution in [-0.4, -0.2) is 17.2 Å². The maximum absolute atomic E-state index is 9.26. The van der Waals surface area contributed by atoms with E-state index in [1.165, 1.54) is 0 Å². The molecule has 1 aromatic rings. The molecule has 0 bridgehead atoms. The van der Waals surface area contributed by atoms with Crippen LogP contribution in [0, 0.1) is 0 Å². The van der Waals surface area contributed by atoms with Gasteiger partial charge < -0.3 is 10.0 Å². The molecule has 3 heteroatoms. The Labute approximate surface area is 91.4 Å². The van der Waals surface area contributed by atoms with E-state index in [2.05, 4.69) is 13.8 Å². The zero-order chi connectivity index (χ0) is 11.4. The largest absolute Gasteiger partial charge is 0.488 e. The molecule has 0 fully saturated rings. The van der Waals surface area contributed by atoms with E-state index in [0.29, 0.717) is 11.4 Å². The van der Waals surface area contributed by atoms with E-state index in [1.54, 1.807) is 6.08 Å². The Kier molecular flexibility index (Phi) is 4.12. The van der Waals surface area contributed by atoms with Gasteiger partial charge in [-0.2, -0.15) is 0 Å². The third-order valence-electron chi connectivity index (χ3n) is 2.48. The molecule has 0 spiro atoms. The van der Waals surface area contributed by atoms with Crippen LogP contribution < -0.4 is 0 Å². The lowest BCUT2D eigenvalue weighted by molar-refractivity contribution is 0.427. The molecule has 2 nitrogen and oxygen atoms in total. The van der Waals surface area contributed by atoms with Crippen LogP contribution in [0.4, 0.5) is 0 Å². The maximum Gasteiger partial charge on any atom is 0.488 e. The summed E-state index contributed by atoms with van der Waals surface area (Å²) in [5.74, 6) is 0.370. The monoisotopic (exact) mass is 204 g/mol. The molecule has 2 N–H and O–H groups in total. The van der Waals surface area contributed by atoms with Gasteiger partial charge in [-0.1, -0.05) is 44.2 Å². The van der Waals surface area contributed by atoms with Gasteiger partial charge in [0.25, 0.3) is 0 Å². The first-order valence-electron chi connectivity index (χ1n) is 5.19. The normalized spacial score (nSPS) is 12.0. The molecule has 0 unspecified atom stereocenters. The Morgan fingerprint density at radius 1 is 1.27 bits per heavy atom. The summed E-state index contributed by atoms with van der Waals surface area (Å²) in [6.45, 7) is 6.00. The van der Waals surface area contributed by atoms with Crippen LogP contribution in [0.15, 0.2) is 30.3 Å². The Morgan fingerprint density at radius 2 is 1.87 bits per heavy atom. The first-order chi connectivity index (χ1) is 7.07. The van der Waals surface area contributed by atoms with Gasteiger partial charge in [0.05, 0.1) is 0 Å². The van der Waals surface area contributed by atoms with Crippen molar-refractivity contribution in [2.75, 3.05) is 0 Å². The molecule has 0 aliphatic heterocycles. The van der Waals surface area contributed by atoms with Crippen molar-refractivity contribution >= 4 is 12.6 Å². The third kappa shape index (κ3) is 2.70. The summed E-state index contributed by atoms with van der Waals surface area (Å²) in [5.41, 5.74) is 2.63. The van der Waals surface area contributed by atoms with Crippen molar-refractivity contribution < 1.29 is 10.0 Å². The molecule has 1 aromatic carbocycles. The number of hydrogen-bond donors (Lipinski definition) is 2. The van der Waals surface area contributed by atoms with Crippen LogP contribution in [0.2, 0.25) is 0 Å². The van der Waals surface area contributed by atoms with Crippen molar-refractivity contribution in [3.8, 4) is 0 Å². The van der Waals surface area contributed by atoms with Crippen LogP contribution in [0.5, 0.6) is 0 Å². The molecule has 0 heterocycles. The Hall–Kier alpha value is -1.06. The minimum atomic E-state index is -1.41. The minimum absolute atomic E-state index is 0.370. The quantitative estimate of drug-likeness (QED) is 0.741. The summed E-state index contributed by atoms with van der Waals surface area (Å²) in [4.78, 5) is 0. The maximum atomic E-state index is 9.26. The summed E-state index contributed by atoms with van der Waals surface area (Å²) in [6.07, 6.45) is 1.74. The van der Waals surface area contributed by atoms with Gasteiger partial charge in [0.2, 0.25) is 0 Å². The molecule has 0 saturated carbocycles. The predicted octanol–water partition coefficient (Wildman–Crippen LogP) is 2.23. The van der Waals surface area contributed by atoms with Crippen LogP contribution in [-0.2, 0) is 0 Å². The highest BCUT2D eigenvalue weighted by molar-refractivity contribution is 6.65. The van der Waals surface area contributed by atoms with E-state index in [9.17, 15) is 10.0 Å². The highest BCUT2D eigenvalue weighted by atomic mass is 16.4. The number of rotatable bonds is 3. The fraction of sp³-hybridized carbons (Fsp3) is 0.333.